The van der Waals surface area contributed by atoms with E-state index in [1.54, 1.807) is 11.8 Å². The van der Waals surface area contributed by atoms with Gasteiger partial charge in [0.25, 0.3) is 0 Å². The molecule has 0 aliphatic rings. The quantitative estimate of drug-likeness (QED) is 0.824. The number of β-amino-alcohol motifs (C(OH)–C–C–N with tert-alkyl or cyclic N) is 1. The maximum atomic E-state index is 10.0. The molecule has 1 unspecified atom stereocenters. The van der Waals surface area contributed by atoms with Crippen molar-refractivity contribution in [3.63, 3.8) is 0 Å². The van der Waals surface area contributed by atoms with E-state index in [0.717, 1.165) is 0 Å². The molecule has 20 heavy (non-hydrogen) atoms. The SMILES string of the molecule is CC(C)(C)NCC(O)CSc1ccc2ccccc2c1. The second kappa shape index (κ2) is 6.61. The van der Waals surface area contributed by atoms with Crippen LogP contribution in [0.3, 0.4) is 0 Å². The zero-order valence-electron chi connectivity index (χ0n) is 12.4. The highest BCUT2D eigenvalue weighted by atomic mass is 32.2. The number of aliphatic hydroxyl groups is 1. The van der Waals surface area contributed by atoms with Crippen molar-refractivity contribution in [2.75, 3.05) is 12.3 Å². The third-order valence-electron chi connectivity index (χ3n) is 3.03. The minimum Gasteiger partial charge on any atom is -0.391 e. The summed E-state index contributed by atoms with van der Waals surface area (Å²) in [5.41, 5.74) is 0.0502. The summed E-state index contributed by atoms with van der Waals surface area (Å²) in [7, 11) is 0. The summed E-state index contributed by atoms with van der Waals surface area (Å²) >= 11 is 1.70. The maximum absolute atomic E-state index is 10.0. The fourth-order valence-corrected chi connectivity index (χ4v) is 2.81. The van der Waals surface area contributed by atoms with Crippen molar-refractivity contribution in [3.8, 4) is 0 Å². The highest BCUT2D eigenvalue weighted by Gasteiger charge is 2.12. The van der Waals surface area contributed by atoms with Crippen molar-refractivity contribution >= 4 is 22.5 Å². The van der Waals surface area contributed by atoms with Crippen LogP contribution in [0.25, 0.3) is 10.8 Å². The first-order chi connectivity index (χ1) is 9.44. The Morgan fingerprint density at radius 1 is 1.10 bits per heavy atom. The Kier molecular flexibility index (Phi) is 5.08. The van der Waals surface area contributed by atoms with E-state index in [2.05, 4.69) is 68.6 Å². The van der Waals surface area contributed by atoms with Crippen LogP contribution >= 0.6 is 11.8 Å². The molecule has 0 aromatic heterocycles. The molecule has 1 atom stereocenters. The van der Waals surface area contributed by atoms with Gasteiger partial charge in [0, 0.05) is 22.7 Å². The third-order valence-corrected chi connectivity index (χ3v) is 4.17. The van der Waals surface area contributed by atoms with Crippen molar-refractivity contribution in [3.05, 3.63) is 42.5 Å². The normalized spacial score (nSPS) is 13.6. The summed E-state index contributed by atoms with van der Waals surface area (Å²) in [4.78, 5) is 1.21. The van der Waals surface area contributed by atoms with Crippen LogP contribution in [-0.2, 0) is 0 Å². The van der Waals surface area contributed by atoms with E-state index in [9.17, 15) is 5.11 Å². The van der Waals surface area contributed by atoms with Gasteiger partial charge in [-0.05, 0) is 43.7 Å². The molecule has 108 valence electrons. The van der Waals surface area contributed by atoms with E-state index in [-0.39, 0.29) is 11.6 Å². The topological polar surface area (TPSA) is 32.3 Å². The summed E-state index contributed by atoms with van der Waals surface area (Å²) < 4.78 is 0. The van der Waals surface area contributed by atoms with E-state index >= 15 is 0 Å². The van der Waals surface area contributed by atoms with E-state index in [1.165, 1.54) is 15.7 Å². The van der Waals surface area contributed by atoms with Crippen LogP contribution < -0.4 is 5.32 Å². The Morgan fingerprint density at radius 3 is 2.50 bits per heavy atom. The van der Waals surface area contributed by atoms with Crippen molar-refractivity contribution in [2.45, 2.75) is 37.3 Å². The lowest BCUT2D eigenvalue weighted by Crippen LogP contribution is -2.41. The number of hydrogen-bond acceptors (Lipinski definition) is 3. The largest absolute Gasteiger partial charge is 0.391 e. The van der Waals surface area contributed by atoms with E-state index in [0.29, 0.717) is 12.3 Å². The van der Waals surface area contributed by atoms with Gasteiger partial charge in [-0.1, -0.05) is 30.3 Å². The monoisotopic (exact) mass is 289 g/mol. The Hall–Kier alpha value is -1.03. The standard InChI is InChI=1S/C17H23NOS/c1-17(2,3)18-11-15(19)12-20-16-9-8-13-6-4-5-7-14(13)10-16/h4-10,15,18-19H,11-12H2,1-3H3. The summed E-state index contributed by atoms with van der Waals surface area (Å²) in [6.07, 6.45) is -0.328. The highest BCUT2D eigenvalue weighted by molar-refractivity contribution is 7.99. The Morgan fingerprint density at radius 2 is 1.80 bits per heavy atom. The van der Waals surface area contributed by atoms with E-state index in [1.807, 2.05) is 0 Å². The lowest BCUT2D eigenvalue weighted by atomic mass is 10.1. The number of thioether (sulfide) groups is 1. The molecular weight excluding hydrogens is 266 g/mol. The average molecular weight is 289 g/mol. The first-order valence-electron chi connectivity index (χ1n) is 6.99. The van der Waals surface area contributed by atoms with Gasteiger partial charge in [-0.2, -0.15) is 0 Å². The van der Waals surface area contributed by atoms with Gasteiger partial charge < -0.3 is 10.4 Å². The van der Waals surface area contributed by atoms with Crippen LogP contribution in [0.5, 0.6) is 0 Å². The highest BCUT2D eigenvalue weighted by Crippen LogP contribution is 2.24. The molecule has 2 N–H and O–H groups in total. The molecule has 0 aliphatic carbocycles. The summed E-state index contributed by atoms with van der Waals surface area (Å²) in [6, 6.07) is 14.8. The molecule has 2 aromatic carbocycles. The molecule has 0 aliphatic heterocycles. The van der Waals surface area contributed by atoms with Crippen molar-refractivity contribution in [1.29, 1.82) is 0 Å². The summed E-state index contributed by atoms with van der Waals surface area (Å²) in [5.74, 6) is 0.710. The fraction of sp³-hybridized carbons (Fsp3) is 0.412. The lowest BCUT2D eigenvalue weighted by molar-refractivity contribution is 0.183. The minimum atomic E-state index is -0.328. The van der Waals surface area contributed by atoms with Gasteiger partial charge in [-0.15, -0.1) is 11.8 Å². The molecule has 0 heterocycles. The lowest BCUT2D eigenvalue weighted by Gasteiger charge is -2.22. The van der Waals surface area contributed by atoms with Gasteiger partial charge in [0.15, 0.2) is 0 Å². The predicted octanol–water partition coefficient (Wildman–Crippen LogP) is 3.68. The zero-order valence-corrected chi connectivity index (χ0v) is 13.2. The first kappa shape index (κ1) is 15.4. The zero-order chi connectivity index (χ0) is 14.6. The fourth-order valence-electron chi connectivity index (χ4n) is 1.93. The Balaban J connectivity index is 1.89. The van der Waals surface area contributed by atoms with Gasteiger partial charge in [-0.3, -0.25) is 0 Å². The molecule has 2 nitrogen and oxygen atoms in total. The molecular formula is C17H23NOS. The van der Waals surface area contributed by atoms with Gasteiger partial charge in [0.1, 0.15) is 0 Å². The van der Waals surface area contributed by atoms with E-state index in [4.69, 9.17) is 0 Å². The summed E-state index contributed by atoms with van der Waals surface area (Å²) in [6.45, 7) is 6.95. The molecule has 0 saturated heterocycles. The van der Waals surface area contributed by atoms with Gasteiger partial charge in [-0.25, -0.2) is 0 Å². The van der Waals surface area contributed by atoms with E-state index < -0.39 is 0 Å². The number of hydrogen-bond donors (Lipinski definition) is 2. The van der Waals surface area contributed by atoms with Crippen molar-refractivity contribution < 1.29 is 5.11 Å². The van der Waals surface area contributed by atoms with Gasteiger partial charge in [0.2, 0.25) is 0 Å². The molecule has 0 radical (unpaired) electrons. The third kappa shape index (κ3) is 4.82. The number of aliphatic hydroxyl groups excluding tert-OH is 1. The van der Waals surface area contributed by atoms with Crippen molar-refractivity contribution in [1.82, 2.24) is 5.32 Å². The van der Waals surface area contributed by atoms with Crippen LogP contribution in [0, 0.1) is 0 Å². The molecule has 0 fully saturated rings. The molecule has 0 saturated carbocycles. The number of nitrogens with one attached hydrogen (secondary N) is 1. The Bertz CT molecular complexity index is 562. The molecule has 2 rings (SSSR count). The molecule has 0 amide bonds. The molecule has 3 heteroatoms. The predicted molar refractivity (Wildman–Crippen MR) is 88.4 cm³/mol. The van der Waals surface area contributed by atoms with Gasteiger partial charge >= 0.3 is 0 Å². The summed E-state index contributed by atoms with van der Waals surface area (Å²) in [5, 5.41) is 15.8. The second-order valence-corrected chi connectivity index (χ2v) is 7.20. The molecule has 2 aromatic rings. The van der Waals surface area contributed by atoms with Crippen LogP contribution in [0.4, 0.5) is 0 Å². The minimum absolute atomic E-state index is 0.0502. The van der Waals surface area contributed by atoms with Crippen LogP contribution in [0.1, 0.15) is 20.8 Å². The number of rotatable bonds is 5. The number of benzene rings is 2. The molecule has 0 spiro atoms. The maximum Gasteiger partial charge on any atom is 0.0758 e. The van der Waals surface area contributed by atoms with Crippen LogP contribution in [-0.4, -0.2) is 29.0 Å². The smallest absolute Gasteiger partial charge is 0.0758 e. The second-order valence-electron chi connectivity index (χ2n) is 6.10. The van der Waals surface area contributed by atoms with Crippen LogP contribution in [0.15, 0.2) is 47.4 Å². The molecule has 0 bridgehead atoms. The van der Waals surface area contributed by atoms with Crippen molar-refractivity contribution in [2.24, 2.45) is 0 Å². The number of fused-ring (bicyclic) bond motifs is 1. The Labute approximate surface area is 125 Å². The van der Waals surface area contributed by atoms with Crippen LogP contribution in [0.2, 0.25) is 0 Å². The average Bonchev–Trinajstić information content (AvgIpc) is 2.42. The first-order valence-corrected chi connectivity index (χ1v) is 7.97. The van der Waals surface area contributed by atoms with Gasteiger partial charge in [0.05, 0.1) is 6.10 Å².